The van der Waals surface area contributed by atoms with Gasteiger partial charge in [0.05, 0.1) is 0 Å². The number of rotatable bonds is 3. The van der Waals surface area contributed by atoms with Crippen LogP contribution >= 0.6 is 0 Å². The minimum Gasteiger partial charge on any atom is -0.268 e. The molecule has 1 heterocycles. The van der Waals surface area contributed by atoms with E-state index in [9.17, 15) is 4.79 Å². The third kappa shape index (κ3) is 2.18. The quantitative estimate of drug-likeness (QED) is 0.648. The standard InChI is InChI=1S/C8H12N2O/c1-2-3-7-10-8(11)5-4-6-9-10/h4-6H,2-3,7H2,1H3. The predicted molar refractivity (Wildman–Crippen MR) is 43.4 cm³/mol. The minimum atomic E-state index is -0.0130. The molecule has 1 rings (SSSR count). The summed E-state index contributed by atoms with van der Waals surface area (Å²) < 4.78 is 1.49. The smallest absolute Gasteiger partial charge is 0.266 e. The molecule has 1 aromatic heterocycles. The summed E-state index contributed by atoms with van der Waals surface area (Å²) in [6.45, 7) is 2.82. The summed E-state index contributed by atoms with van der Waals surface area (Å²) in [6.07, 6.45) is 3.73. The van der Waals surface area contributed by atoms with Gasteiger partial charge in [0.25, 0.3) is 5.56 Å². The van der Waals surface area contributed by atoms with E-state index in [-0.39, 0.29) is 5.56 Å². The Morgan fingerprint density at radius 3 is 3.09 bits per heavy atom. The highest BCUT2D eigenvalue weighted by atomic mass is 16.1. The van der Waals surface area contributed by atoms with Crippen molar-refractivity contribution in [1.82, 2.24) is 9.78 Å². The van der Waals surface area contributed by atoms with Crippen LogP contribution in [0.3, 0.4) is 0 Å². The van der Waals surface area contributed by atoms with Crippen LogP contribution in [0.5, 0.6) is 0 Å². The van der Waals surface area contributed by atoms with E-state index in [1.54, 1.807) is 12.3 Å². The van der Waals surface area contributed by atoms with Crippen molar-refractivity contribution >= 4 is 0 Å². The van der Waals surface area contributed by atoms with E-state index >= 15 is 0 Å². The Morgan fingerprint density at radius 1 is 1.64 bits per heavy atom. The molecule has 0 N–H and O–H groups in total. The maximum atomic E-state index is 11.0. The lowest BCUT2D eigenvalue weighted by Gasteiger charge is -1.99. The van der Waals surface area contributed by atoms with E-state index in [1.165, 1.54) is 10.7 Å². The van der Waals surface area contributed by atoms with Crippen molar-refractivity contribution in [1.29, 1.82) is 0 Å². The van der Waals surface area contributed by atoms with Crippen LogP contribution < -0.4 is 5.56 Å². The van der Waals surface area contributed by atoms with Crippen molar-refractivity contribution in [2.75, 3.05) is 0 Å². The molecule has 0 radical (unpaired) electrons. The van der Waals surface area contributed by atoms with Gasteiger partial charge in [0.1, 0.15) is 0 Å². The second-order valence-corrected chi connectivity index (χ2v) is 2.44. The molecule has 0 atom stereocenters. The Bertz CT molecular complexity index is 267. The average Bonchev–Trinajstić information content (AvgIpc) is 2.03. The van der Waals surface area contributed by atoms with Crippen LogP contribution in [0.1, 0.15) is 19.8 Å². The fourth-order valence-corrected chi connectivity index (χ4v) is 0.863. The first-order valence-corrected chi connectivity index (χ1v) is 3.86. The zero-order valence-electron chi connectivity index (χ0n) is 6.66. The van der Waals surface area contributed by atoms with Crippen molar-refractivity contribution in [2.24, 2.45) is 0 Å². The van der Waals surface area contributed by atoms with E-state index < -0.39 is 0 Å². The summed E-state index contributed by atoms with van der Waals surface area (Å²) in [6, 6.07) is 3.19. The minimum absolute atomic E-state index is 0.0130. The average molecular weight is 152 g/mol. The lowest BCUT2D eigenvalue weighted by molar-refractivity contribution is 0.542. The molecule has 0 aliphatic heterocycles. The molecule has 0 fully saturated rings. The number of aromatic nitrogens is 2. The van der Waals surface area contributed by atoms with E-state index in [0.29, 0.717) is 0 Å². The second-order valence-electron chi connectivity index (χ2n) is 2.44. The topological polar surface area (TPSA) is 34.9 Å². The highest BCUT2D eigenvalue weighted by Crippen LogP contribution is 1.87. The zero-order valence-corrected chi connectivity index (χ0v) is 6.66. The van der Waals surface area contributed by atoms with Gasteiger partial charge in [0.2, 0.25) is 0 Å². The Kier molecular flexibility index (Phi) is 2.83. The van der Waals surface area contributed by atoms with Crippen LogP contribution in [0.15, 0.2) is 23.1 Å². The third-order valence-corrected chi connectivity index (χ3v) is 1.51. The molecule has 0 unspecified atom stereocenters. The van der Waals surface area contributed by atoms with Crippen molar-refractivity contribution < 1.29 is 0 Å². The maximum Gasteiger partial charge on any atom is 0.266 e. The maximum absolute atomic E-state index is 11.0. The Labute approximate surface area is 65.7 Å². The second kappa shape index (κ2) is 3.91. The number of hydrogen-bond donors (Lipinski definition) is 0. The van der Waals surface area contributed by atoms with E-state index in [1.807, 2.05) is 0 Å². The van der Waals surface area contributed by atoms with Crippen LogP contribution in [0.25, 0.3) is 0 Å². The molecule has 0 aromatic carbocycles. The van der Waals surface area contributed by atoms with Crippen LogP contribution in [0, 0.1) is 0 Å². The van der Waals surface area contributed by atoms with Crippen LogP contribution in [0.2, 0.25) is 0 Å². The molecular weight excluding hydrogens is 140 g/mol. The number of nitrogens with zero attached hydrogens (tertiary/aromatic N) is 2. The zero-order chi connectivity index (χ0) is 8.10. The summed E-state index contributed by atoms with van der Waals surface area (Å²) in [7, 11) is 0. The molecule has 0 amide bonds. The first-order valence-electron chi connectivity index (χ1n) is 3.86. The molecule has 0 bridgehead atoms. The highest BCUT2D eigenvalue weighted by Gasteiger charge is 1.91. The molecule has 60 valence electrons. The van der Waals surface area contributed by atoms with Gasteiger partial charge in [-0.05, 0) is 12.5 Å². The van der Waals surface area contributed by atoms with Crippen LogP contribution in [-0.2, 0) is 6.54 Å². The molecule has 0 saturated heterocycles. The lowest BCUT2D eigenvalue weighted by Crippen LogP contribution is -2.20. The molecule has 0 saturated carbocycles. The molecule has 3 nitrogen and oxygen atoms in total. The molecule has 0 spiro atoms. The van der Waals surface area contributed by atoms with Crippen LogP contribution in [0.4, 0.5) is 0 Å². The molecule has 11 heavy (non-hydrogen) atoms. The van der Waals surface area contributed by atoms with Gasteiger partial charge >= 0.3 is 0 Å². The van der Waals surface area contributed by atoms with E-state index in [4.69, 9.17) is 0 Å². The molecule has 0 aliphatic rings. The number of hydrogen-bond acceptors (Lipinski definition) is 2. The molecule has 3 heteroatoms. The van der Waals surface area contributed by atoms with E-state index in [2.05, 4.69) is 12.0 Å². The van der Waals surface area contributed by atoms with Crippen molar-refractivity contribution in [3.05, 3.63) is 28.7 Å². The normalized spacial score (nSPS) is 9.91. The fraction of sp³-hybridized carbons (Fsp3) is 0.500. The summed E-state index contributed by atoms with van der Waals surface area (Å²) in [5, 5.41) is 3.92. The summed E-state index contributed by atoms with van der Waals surface area (Å²) in [4.78, 5) is 11.0. The van der Waals surface area contributed by atoms with Gasteiger partial charge in [0.15, 0.2) is 0 Å². The van der Waals surface area contributed by atoms with Gasteiger partial charge in [-0.1, -0.05) is 13.3 Å². The number of unbranched alkanes of at least 4 members (excludes halogenated alkanes) is 1. The molecule has 1 aromatic rings. The SMILES string of the molecule is CCCCn1ncccc1=O. The third-order valence-electron chi connectivity index (χ3n) is 1.51. The van der Waals surface area contributed by atoms with Gasteiger partial charge in [-0.2, -0.15) is 5.10 Å². The summed E-state index contributed by atoms with van der Waals surface area (Å²) in [5.41, 5.74) is -0.0130. The van der Waals surface area contributed by atoms with Gasteiger partial charge < -0.3 is 0 Å². The lowest BCUT2D eigenvalue weighted by atomic mass is 10.3. The largest absolute Gasteiger partial charge is 0.268 e. The van der Waals surface area contributed by atoms with Gasteiger partial charge in [-0.3, -0.25) is 4.79 Å². The monoisotopic (exact) mass is 152 g/mol. The van der Waals surface area contributed by atoms with Gasteiger partial charge in [0, 0.05) is 18.8 Å². The van der Waals surface area contributed by atoms with Crippen molar-refractivity contribution in [3.63, 3.8) is 0 Å². The first kappa shape index (κ1) is 7.98. The van der Waals surface area contributed by atoms with Crippen molar-refractivity contribution in [3.8, 4) is 0 Å². The number of aryl methyl sites for hydroxylation is 1. The fourth-order valence-electron chi connectivity index (χ4n) is 0.863. The Balaban J connectivity index is 2.70. The molecule has 0 aliphatic carbocycles. The Hall–Kier alpha value is -1.12. The molecular formula is C8H12N2O. The van der Waals surface area contributed by atoms with Crippen LogP contribution in [-0.4, -0.2) is 9.78 Å². The summed E-state index contributed by atoms with van der Waals surface area (Å²) >= 11 is 0. The van der Waals surface area contributed by atoms with E-state index in [0.717, 1.165) is 19.4 Å². The Morgan fingerprint density at radius 2 is 2.45 bits per heavy atom. The van der Waals surface area contributed by atoms with Crippen molar-refractivity contribution in [2.45, 2.75) is 26.3 Å². The first-order chi connectivity index (χ1) is 5.34. The highest BCUT2D eigenvalue weighted by molar-refractivity contribution is 4.84. The van der Waals surface area contributed by atoms with Gasteiger partial charge in [-0.25, -0.2) is 4.68 Å². The van der Waals surface area contributed by atoms with Gasteiger partial charge in [-0.15, -0.1) is 0 Å². The predicted octanol–water partition coefficient (Wildman–Crippen LogP) is 1.04. The summed E-state index contributed by atoms with van der Waals surface area (Å²) in [5.74, 6) is 0.